The molecule has 0 saturated carbocycles. The lowest BCUT2D eigenvalue weighted by Crippen LogP contribution is -2.30. The van der Waals surface area contributed by atoms with Crippen LogP contribution in [0.4, 0.5) is 0 Å². The maximum absolute atomic E-state index is 11.6. The smallest absolute Gasteiger partial charge is 0.306 e. The SMILES string of the molecule is CCOC(=O)CC1CN(Cc2ccccc2)C[C@H]1[N+](=O)[O-]. The van der Waals surface area contributed by atoms with Crippen LogP contribution < -0.4 is 0 Å². The van der Waals surface area contributed by atoms with Crippen LogP contribution in [0.2, 0.25) is 0 Å². The van der Waals surface area contributed by atoms with E-state index in [1.54, 1.807) is 6.92 Å². The molecule has 1 aliphatic heterocycles. The Bertz CT molecular complexity index is 492. The van der Waals surface area contributed by atoms with E-state index < -0.39 is 6.04 Å². The number of likely N-dealkylation sites (tertiary alicyclic amines) is 1. The predicted molar refractivity (Wildman–Crippen MR) is 77.2 cm³/mol. The number of rotatable bonds is 6. The predicted octanol–water partition coefficient (Wildman–Crippen LogP) is 1.72. The van der Waals surface area contributed by atoms with Crippen LogP contribution in [-0.2, 0) is 16.1 Å². The van der Waals surface area contributed by atoms with Gasteiger partial charge in [0.05, 0.1) is 25.5 Å². The lowest BCUT2D eigenvalue weighted by Gasteiger charge is -2.14. The monoisotopic (exact) mass is 292 g/mol. The summed E-state index contributed by atoms with van der Waals surface area (Å²) in [5, 5.41) is 11.2. The zero-order valence-corrected chi connectivity index (χ0v) is 12.1. The molecule has 0 aromatic heterocycles. The van der Waals surface area contributed by atoms with Crippen LogP contribution in [0.25, 0.3) is 0 Å². The van der Waals surface area contributed by atoms with Gasteiger partial charge in [-0.15, -0.1) is 0 Å². The first-order chi connectivity index (χ1) is 10.1. The van der Waals surface area contributed by atoms with Gasteiger partial charge in [0.1, 0.15) is 0 Å². The molecule has 1 aromatic carbocycles. The van der Waals surface area contributed by atoms with Crippen LogP contribution in [0.5, 0.6) is 0 Å². The van der Waals surface area contributed by atoms with Crippen molar-refractivity contribution in [2.75, 3.05) is 19.7 Å². The van der Waals surface area contributed by atoms with Crippen LogP contribution in [0, 0.1) is 16.0 Å². The number of carbonyl (C=O) groups excluding carboxylic acids is 1. The van der Waals surface area contributed by atoms with Gasteiger partial charge >= 0.3 is 5.97 Å². The first-order valence-corrected chi connectivity index (χ1v) is 7.15. The molecule has 114 valence electrons. The van der Waals surface area contributed by atoms with Crippen molar-refractivity contribution >= 4 is 5.97 Å². The van der Waals surface area contributed by atoms with E-state index >= 15 is 0 Å². The third-order valence-corrected chi connectivity index (χ3v) is 3.74. The fraction of sp³-hybridized carbons (Fsp3) is 0.533. The standard InChI is InChI=1S/C15H20N2O4/c1-2-21-15(18)8-13-10-16(11-14(13)17(19)20)9-12-6-4-3-5-7-12/h3-7,13-14H,2,8-11H2,1H3/t13?,14-/m1/s1. The highest BCUT2D eigenvalue weighted by atomic mass is 16.6. The van der Waals surface area contributed by atoms with Crippen LogP contribution in [0.1, 0.15) is 18.9 Å². The molecule has 0 bridgehead atoms. The molecule has 1 fully saturated rings. The maximum atomic E-state index is 11.6. The molecule has 0 amide bonds. The van der Waals surface area contributed by atoms with E-state index in [0.717, 1.165) is 5.56 Å². The average Bonchev–Trinajstić information content (AvgIpc) is 2.83. The lowest BCUT2D eigenvalue weighted by atomic mass is 10.0. The number of benzene rings is 1. The van der Waals surface area contributed by atoms with Gasteiger partial charge in [0.2, 0.25) is 6.04 Å². The first kappa shape index (κ1) is 15.4. The van der Waals surface area contributed by atoms with Gasteiger partial charge in [-0.1, -0.05) is 30.3 Å². The molecule has 6 nitrogen and oxygen atoms in total. The van der Waals surface area contributed by atoms with E-state index in [0.29, 0.717) is 26.2 Å². The van der Waals surface area contributed by atoms with E-state index in [9.17, 15) is 14.9 Å². The number of ether oxygens (including phenoxy) is 1. The zero-order chi connectivity index (χ0) is 15.2. The molecule has 0 radical (unpaired) electrons. The van der Waals surface area contributed by atoms with E-state index in [1.807, 2.05) is 35.2 Å². The van der Waals surface area contributed by atoms with Crippen molar-refractivity contribution in [3.63, 3.8) is 0 Å². The molecule has 0 N–H and O–H groups in total. The van der Waals surface area contributed by atoms with E-state index in [2.05, 4.69) is 0 Å². The van der Waals surface area contributed by atoms with E-state index in [1.165, 1.54) is 0 Å². The highest BCUT2D eigenvalue weighted by molar-refractivity contribution is 5.69. The number of hydrogen-bond donors (Lipinski definition) is 0. The molecule has 1 unspecified atom stereocenters. The molecule has 1 heterocycles. The molecule has 1 saturated heterocycles. The molecule has 0 spiro atoms. The summed E-state index contributed by atoms with van der Waals surface area (Å²) in [6.07, 6.45) is 0.116. The fourth-order valence-electron chi connectivity index (χ4n) is 2.79. The minimum Gasteiger partial charge on any atom is -0.466 e. The second-order valence-electron chi connectivity index (χ2n) is 5.30. The van der Waals surface area contributed by atoms with Crippen LogP contribution in [0.15, 0.2) is 30.3 Å². The van der Waals surface area contributed by atoms with E-state index in [-0.39, 0.29) is 23.2 Å². The summed E-state index contributed by atoms with van der Waals surface area (Å²) < 4.78 is 4.91. The van der Waals surface area contributed by atoms with Gasteiger partial charge < -0.3 is 4.74 Å². The van der Waals surface area contributed by atoms with E-state index in [4.69, 9.17) is 4.74 Å². The quantitative estimate of drug-likeness (QED) is 0.453. The van der Waals surface area contributed by atoms with Gasteiger partial charge in [-0.2, -0.15) is 0 Å². The highest BCUT2D eigenvalue weighted by Gasteiger charge is 2.42. The number of esters is 1. The Morgan fingerprint density at radius 2 is 2.10 bits per heavy atom. The fourth-order valence-corrected chi connectivity index (χ4v) is 2.79. The van der Waals surface area contributed by atoms with Gasteiger partial charge in [0.15, 0.2) is 0 Å². The maximum Gasteiger partial charge on any atom is 0.306 e. The lowest BCUT2D eigenvalue weighted by molar-refractivity contribution is -0.525. The van der Waals surface area contributed by atoms with Gasteiger partial charge in [0.25, 0.3) is 0 Å². The Kier molecular flexibility index (Phi) is 5.27. The number of nitro groups is 1. The van der Waals surface area contributed by atoms with Crippen molar-refractivity contribution in [1.82, 2.24) is 4.90 Å². The molecular weight excluding hydrogens is 272 g/mol. The van der Waals surface area contributed by atoms with Crippen molar-refractivity contribution in [1.29, 1.82) is 0 Å². The van der Waals surface area contributed by atoms with Crippen LogP contribution >= 0.6 is 0 Å². The normalized spacial score (nSPS) is 22.1. The van der Waals surface area contributed by atoms with Gasteiger partial charge in [0, 0.05) is 18.0 Å². The topological polar surface area (TPSA) is 72.7 Å². The molecular formula is C15H20N2O4. The molecule has 2 atom stereocenters. The molecule has 2 rings (SSSR count). The molecule has 6 heteroatoms. The van der Waals surface area contributed by atoms with Crippen LogP contribution in [0.3, 0.4) is 0 Å². The van der Waals surface area contributed by atoms with Crippen LogP contribution in [-0.4, -0.2) is 41.5 Å². The largest absolute Gasteiger partial charge is 0.466 e. The minimum absolute atomic E-state index is 0.116. The summed E-state index contributed by atoms with van der Waals surface area (Å²) in [6.45, 7) is 3.65. The van der Waals surface area contributed by atoms with Gasteiger partial charge in [-0.3, -0.25) is 19.8 Å². The van der Waals surface area contributed by atoms with Crippen molar-refractivity contribution in [3.05, 3.63) is 46.0 Å². The summed E-state index contributed by atoms with van der Waals surface area (Å²) >= 11 is 0. The number of hydrogen-bond acceptors (Lipinski definition) is 5. The summed E-state index contributed by atoms with van der Waals surface area (Å²) in [7, 11) is 0. The number of carbonyl (C=O) groups is 1. The van der Waals surface area contributed by atoms with Crippen molar-refractivity contribution in [2.45, 2.75) is 25.9 Å². The van der Waals surface area contributed by atoms with Gasteiger partial charge in [-0.05, 0) is 12.5 Å². The van der Waals surface area contributed by atoms with Crippen molar-refractivity contribution < 1.29 is 14.5 Å². The summed E-state index contributed by atoms with van der Waals surface area (Å²) in [4.78, 5) is 24.5. The summed E-state index contributed by atoms with van der Waals surface area (Å²) in [5.41, 5.74) is 1.12. The summed E-state index contributed by atoms with van der Waals surface area (Å²) in [6, 6.07) is 9.15. The first-order valence-electron chi connectivity index (χ1n) is 7.15. The zero-order valence-electron chi connectivity index (χ0n) is 12.1. The second kappa shape index (κ2) is 7.17. The Balaban J connectivity index is 1.98. The molecule has 1 aromatic rings. The highest BCUT2D eigenvalue weighted by Crippen LogP contribution is 2.24. The molecule has 0 aliphatic carbocycles. The number of nitrogens with zero attached hydrogens (tertiary/aromatic N) is 2. The average molecular weight is 292 g/mol. The Hall–Kier alpha value is -1.95. The Morgan fingerprint density at radius 1 is 1.38 bits per heavy atom. The van der Waals surface area contributed by atoms with Crippen molar-refractivity contribution in [3.8, 4) is 0 Å². The minimum atomic E-state index is -0.696. The van der Waals surface area contributed by atoms with Gasteiger partial charge in [-0.25, -0.2) is 0 Å². The third kappa shape index (κ3) is 4.26. The molecule has 21 heavy (non-hydrogen) atoms. The Labute approximate surface area is 123 Å². The second-order valence-corrected chi connectivity index (χ2v) is 5.30. The Morgan fingerprint density at radius 3 is 2.71 bits per heavy atom. The molecule has 1 aliphatic rings. The third-order valence-electron chi connectivity index (χ3n) is 3.74. The van der Waals surface area contributed by atoms with Crippen molar-refractivity contribution in [2.24, 2.45) is 5.92 Å². The summed E-state index contributed by atoms with van der Waals surface area (Å²) in [5.74, 6) is -0.626.